The van der Waals surface area contributed by atoms with Gasteiger partial charge in [-0.25, -0.2) is 0 Å². The highest BCUT2D eigenvalue weighted by Crippen LogP contribution is 2.32. The summed E-state index contributed by atoms with van der Waals surface area (Å²) in [6.07, 6.45) is 5.59. The van der Waals surface area contributed by atoms with Crippen molar-refractivity contribution >= 4 is 5.91 Å². The number of piperidine rings is 1. The monoisotopic (exact) mass is 354 g/mol. The van der Waals surface area contributed by atoms with Crippen LogP contribution in [-0.2, 0) is 17.9 Å². The predicted molar refractivity (Wildman–Crippen MR) is 98.9 cm³/mol. The van der Waals surface area contributed by atoms with Gasteiger partial charge in [-0.3, -0.25) is 14.4 Å². The molecule has 0 saturated carbocycles. The van der Waals surface area contributed by atoms with E-state index < -0.39 is 0 Å². The smallest absolute Gasteiger partial charge is 0.222 e. The van der Waals surface area contributed by atoms with Crippen LogP contribution in [0.15, 0.2) is 36.7 Å². The van der Waals surface area contributed by atoms with Gasteiger partial charge < -0.3 is 9.64 Å². The van der Waals surface area contributed by atoms with Crippen LogP contribution in [0.25, 0.3) is 0 Å². The van der Waals surface area contributed by atoms with Crippen molar-refractivity contribution in [1.82, 2.24) is 19.6 Å². The van der Waals surface area contributed by atoms with Crippen molar-refractivity contribution in [2.75, 3.05) is 27.2 Å². The lowest BCUT2D eigenvalue weighted by Crippen LogP contribution is -2.47. The minimum atomic E-state index is 0.299. The van der Waals surface area contributed by atoms with Gasteiger partial charge in [0.1, 0.15) is 5.75 Å². The van der Waals surface area contributed by atoms with E-state index in [1.165, 1.54) is 5.56 Å². The van der Waals surface area contributed by atoms with Gasteiger partial charge in [-0.2, -0.15) is 5.10 Å². The number of carbonyl (C=O) groups is 1. The molecular weight excluding hydrogens is 328 g/mol. The maximum Gasteiger partial charge on any atom is 0.222 e. The Kier molecular flexibility index (Phi) is 4.68. The summed E-state index contributed by atoms with van der Waals surface area (Å²) in [4.78, 5) is 16.4. The number of likely N-dealkylation sites (tertiary alicyclic amines) is 2. The highest BCUT2D eigenvalue weighted by molar-refractivity contribution is 5.79. The van der Waals surface area contributed by atoms with E-state index in [1.54, 1.807) is 13.3 Å². The topological polar surface area (TPSA) is 50.6 Å². The van der Waals surface area contributed by atoms with E-state index in [4.69, 9.17) is 4.74 Å². The van der Waals surface area contributed by atoms with Crippen LogP contribution in [0.2, 0.25) is 0 Å². The number of likely N-dealkylation sites (N-methyl/N-ethyl adjacent to an activating group) is 1. The SMILES string of the molecule is COc1ccc(CN2CC[C@@H]3CC(=O)N(C)[C@@H]3C2)cc1Cn1cccn1. The molecule has 0 bridgehead atoms. The van der Waals surface area contributed by atoms with Crippen molar-refractivity contribution in [2.45, 2.75) is 32.0 Å². The Labute approximate surface area is 154 Å². The molecule has 2 aliphatic rings. The molecule has 6 heteroatoms. The van der Waals surface area contributed by atoms with Crippen LogP contribution < -0.4 is 4.74 Å². The first-order chi connectivity index (χ1) is 12.6. The number of carbonyl (C=O) groups excluding carboxylic acids is 1. The Balaban J connectivity index is 1.47. The maximum atomic E-state index is 12.0. The number of hydrogen-bond donors (Lipinski definition) is 0. The molecule has 1 aromatic heterocycles. The van der Waals surface area contributed by atoms with Crippen molar-refractivity contribution in [2.24, 2.45) is 5.92 Å². The average Bonchev–Trinajstić information content (AvgIpc) is 3.24. The molecule has 138 valence electrons. The molecule has 0 radical (unpaired) electrons. The van der Waals surface area contributed by atoms with Gasteiger partial charge in [0.15, 0.2) is 0 Å². The van der Waals surface area contributed by atoms with Gasteiger partial charge in [-0.05, 0) is 42.6 Å². The Hall–Kier alpha value is -2.34. The summed E-state index contributed by atoms with van der Waals surface area (Å²) in [7, 11) is 3.66. The van der Waals surface area contributed by atoms with Crippen LogP contribution in [0.5, 0.6) is 5.75 Å². The molecule has 0 aliphatic carbocycles. The summed E-state index contributed by atoms with van der Waals surface area (Å²) < 4.78 is 7.43. The molecule has 4 rings (SSSR count). The summed E-state index contributed by atoms with van der Waals surface area (Å²) in [5, 5.41) is 4.30. The number of rotatable bonds is 5. The molecule has 6 nitrogen and oxygen atoms in total. The first-order valence-electron chi connectivity index (χ1n) is 9.25. The van der Waals surface area contributed by atoms with E-state index in [0.29, 0.717) is 24.4 Å². The fourth-order valence-corrected chi connectivity index (χ4v) is 4.30. The summed E-state index contributed by atoms with van der Waals surface area (Å²) in [5.74, 6) is 1.73. The first-order valence-corrected chi connectivity index (χ1v) is 9.25. The van der Waals surface area contributed by atoms with Crippen LogP contribution in [0.1, 0.15) is 24.0 Å². The number of benzene rings is 1. The van der Waals surface area contributed by atoms with Crippen molar-refractivity contribution in [3.8, 4) is 5.75 Å². The summed E-state index contributed by atoms with van der Waals surface area (Å²) >= 11 is 0. The summed E-state index contributed by atoms with van der Waals surface area (Å²) in [5.41, 5.74) is 2.41. The quantitative estimate of drug-likeness (QED) is 0.824. The lowest BCUT2D eigenvalue weighted by atomic mass is 9.92. The average molecular weight is 354 g/mol. The molecule has 1 aromatic carbocycles. The van der Waals surface area contributed by atoms with Gasteiger partial charge >= 0.3 is 0 Å². The van der Waals surface area contributed by atoms with Gasteiger partial charge in [0.25, 0.3) is 0 Å². The van der Waals surface area contributed by atoms with Crippen molar-refractivity contribution < 1.29 is 9.53 Å². The zero-order valence-electron chi connectivity index (χ0n) is 15.5. The number of amides is 1. The van der Waals surface area contributed by atoms with Crippen LogP contribution in [0.4, 0.5) is 0 Å². The minimum Gasteiger partial charge on any atom is -0.496 e. The summed E-state index contributed by atoms with van der Waals surface area (Å²) in [6.45, 7) is 3.63. The van der Waals surface area contributed by atoms with E-state index in [9.17, 15) is 4.79 Å². The highest BCUT2D eigenvalue weighted by atomic mass is 16.5. The third-order valence-electron chi connectivity index (χ3n) is 5.78. The van der Waals surface area contributed by atoms with Gasteiger partial charge in [-0.15, -0.1) is 0 Å². The molecule has 2 atom stereocenters. The molecule has 3 heterocycles. The third kappa shape index (κ3) is 3.33. The Bertz CT molecular complexity index is 774. The van der Waals surface area contributed by atoms with Crippen LogP contribution in [-0.4, -0.2) is 58.8 Å². The second-order valence-corrected chi connectivity index (χ2v) is 7.41. The van der Waals surface area contributed by atoms with Gasteiger partial charge in [0, 0.05) is 50.6 Å². The zero-order chi connectivity index (χ0) is 18.1. The zero-order valence-corrected chi connectivity index (χ0v) is 15.5. The van der Waals surface area contributed by atoms with E-state index in [1.807, 2.05) is 35.0 Å². The van der Waals surface area contributed by atoms with Gasteiger partial charge in [0.2, 0.25) is 5.91 Å². The van der Waals surface area contributed by atoms with Crippen molar-refractivity contribution in [3.63, 3.8) is 0 Å². The molecule has 2 saturated heterocycles. The lowest BCUT2D eigenvalue weighted by molar-refractivity contribution is -0.127. The molecule has 0 unspecified atom stereocenters. The van der Waals surface area contributed by atoms with Crippen molar-refractivity contribution in [1.29, 1.82) is 0 Å². The van der Waals surface area contributed by atoms with Crippen LogP contribution in [0, 0.1) is 5.92 Å². The van der Waals surface area contributed by atoms with E-state index in [0.717, 1.165) is 43.8 Å². The fourth-order valence-electron chi connectivity index (χ4n) is 4.30. The minimum absolute atomic E-state index is 0.299. The molecule has 0 spiro atoms. The number of ether oxygens (including phenoxy) is 1. The second-order valence-electron chi connectivity index (χ2n) is 7.41. The van der Waals surface area contributed by atoms with E-state index >= 15 is 0 Å². The predicted octanol–water partition coefficient (Wildman–Crippen LogP) is 1.99. The normalized spacial score (nSPS) is 23.3. The number of hydrogen-bond acceptors (Lipinski definition) is 4. The van der Waals surface area contributed by atoms with Crippen LogP contribution >= 0.6 is 0 Å². The Morgan fingerprint density at radius 3 is 2.96 bits per heavy atom. The Morgan fingerprint density at radius 2 is 2.19 bits per heavy atom. The Morgan fingerprint density at radius 1 is 1.31 bits per heavy atom. The van der Waals surface area contributed by atoms with Crippen LogP contribution in [0.3, 0.4) is 0 Å². The molecular formula is C20H26N4O2. The third-order valence-corrected chi connectivity index (χ3v) is 5.78. The first kappa shape index (κ1) is 17.1. The molecule has 2 aliphatic heterocycles. The van der Waals surface area contributed by atoms with Gasteiger partial charge in [-0.1, -0.05) is 6.07 Å². The van der Waals surface area contributed by atoms with E-state index in [2.05, 4.69) is 22.1 Å². The molecule has 26 heavy (non-hydrogen) atoms. The number of methoxy groups -OCH3 is 1. The second kappa shape index (κ2) is 7.11. The molecule has 2 aromatic rings. The number of fused-ring (bicyclic) bond motifs is 1. The van der Waals surface area contributed by atoms with Gasteiger partial charge in [0.05, 0.1) is 13.7 Å². The maximum absolute atomic E-state index is 12.0. The summed E-state index contributed by atoms with van der Waals surface area (Å²) in [6, 6.07) is 8.71. The van der Waals surface area contributed by atoms with E-state index in [-0.39, 0.29) is 0 Å². The molecule has 2 fully saturated rings. The molecule has 0 N–H and O–H groups in total. The fraction of sp³-hybridized carbons (Fsp3) is 0.500. The standard InChI is InChI=1S/C20H26N4O2/c1-22-18-14-23(9-6-16(18)11-20(22)25)12-15-4-5-19(26-2)17(10-15)13-24-8-3-7-21-24/h3-5,7-8,10,16,18H,6,9,11-14H2,1-2H3/t16-,18-/m1/s1. The van der Waals surface area contributed by atoms with Crippen molar-refractivity contribution in [3.05, 3.63) is 47.8 Å². The highest BCUT2D eigenvalue weighted by Gasteiger charge is 2.40. The lowest BCUT2D eigenvalue weighted by Gasteiger charge is -2.37. The molecule has 1 amide bonds. The number of aromatic nitrogens is 2. The number of nitrogens with zero attached hydrogens (tertiary/aromatic N) is 4. The largest absolute Gasteiger partial charge is 0.496 e.